The number of nitrogens with zero attached hydrogens (tertiary/aromatic N) is 2. The number of anilines is 1. The van der Waals surface area contributed by atoms with E-state index in [2.05, 4.69) is 5.32 Å². The van der Waals surface area contributed by atoms with Crippen molar-refractivity contribution in [3.8, 4) is 0 Å². The van der Waals surface area contributed by atoms with Crippen LogP contribution in [0.3, 0.4) is 0 Å². The van der Waals surface area contributed by atoms with Crippen molar-refractivity contribution in [2.45, 2.75) is 63.3 Å². The fourth-order valence-electron chi connectivity index (χ4n) is 5.03. The first-order valence-corrected chi connectivity index (χ1v) is 17.6. The summed E-state index contributed by atoms with van der Waals surface area (Å²) >= 11 is 12.6. The van der Waals surface area contributed by atoms with Gasteiger partial charge in [0.15, 0.2) is 0 Å². The summed E-state index contributed by atoms with van der Waals surface area (Å²) in [5.41, 5.74) is 0.413. The van der Waals surface area contributed by atoms with Crippen LogP contribution in [0.5, 0.6) is 0 Å². The number of carbonyl (C=O) groups is 2. The van der Waals surface area contributed by atoms with Crippen LogP contribution in [-0.2, 0) is 38.8 Å². The van der Waals surface area contributed by atoms with Gasteiger partial charge in [0.25, 0.3) is 10.0 Å². The number of hydrogen-bond acceptors (Lipinski definition) is 4. The number of benzene rings is 4. The first kappa shape index (κ1) is 37.8. The van der Waals surface area contributed by atoms with E-state index in [1.165, 1.54) is 29.2 Å². The van der Waals surface area contributed by atoms with Gasteiger partial charge in [0.1, 0.15) is 12.6 Å². The molecule has 13 heteroatoms. The van der Waals surface area contributed by atoms with Crippen LogP contribution >= 0.6 is 23.2 Å². The minimum Gasteiger partial charge on any atom is -0.352 e. The smallest absolute Gasteiger partial charge is 0.352 e. The molecule has 260 valence electrons. The molecule has 0 unspecified atom stereocenters. The van der Waals surface area contributed by atoms with Gasteiger partial charge >= 0.3 is 6.18 Å². The number of rotatable bonds is 13. The monoisotopic (exact) mass is 733 g/mol. The van der Waals surface area contributed by atoms with Gasteiger partial charge in [-0.25, -0.2) is 8.42 Å². The highest BCUT2D eigenvalue weighted by atomic mass is 35.5. The Kier molecular flexibility index (Phi) is 12.4. The van der Waals surface area contributed by atoms with Crippen LogP contribution in [0.2, 0.25) is 10.0 Å². The van der Waals surface area contributed by atoms with Crippen LogP contribution in [0.25, 0.3) is 0 Å². The fourth-order valence-corrected chi connectivity index (χ4v) is 6.91. The van der Waals surface area contributed by atoms with Crippen molar-refractivity contribution in [1.82, 2.24) is 10.2 Å². The van der Waals surface area contributed by atoms with Crippen molar-refractivity contribution in [3.05, 3.63) is 129 Å². The van der Waals surface area contributed by atoms with Crippen molar-refractivity contribution in [2.24, 2.45) is 0 Å². The molecular weight excluding hydrogens is 698 g/mol. The quantitative estimate of drug-likeness (QED) is 0.151. The summed E-state index contributed by atoms with van der Waals surface area (Å²) < 4.78 is 70.4. The first-order valence-electron chi connectivity index (χ1n) is 15.4. The van der Waals surface area contributed by atoms with Crippen LogP contribution in [0.1, 0.15) is 42.5 Å². The lowest BCUT2D eigenvalue weighted by molar-refractivity contribution is -0.140. The third kappa shape index (κ3) is 9.77. The van der Waals surface area contributed by atoms with E-state index in [1.807, 2.05) is 13.8 Å². The van der Waals surface area contributed by atoms with Crippen LogP contribution in [0.4, 0.5) is 18.9 Å². The SMILES string of the molecule is CC[C@H](C)NC(=O)[C@H](Cc1ccccc1)N(Cc1ccc(Cl)cc1Cl)C(=O)CN(c1cccc(C(F)(F)F)c1)S(=O)(=O)c1ccc(C)cc1. The van der Waals surface area contributed by atoms with E-state index >= 15 is 0 Å². The van der Waals surface area contributed by atoms with Gasteiger partial charge < -0.3 is 10.2 Å². The summed E-state index contributed by atoms with van der Waals surface area (Å²) in [6, 6.07) is 21.6. The normalized spacial score (nSPS) is 13.0. The molecule has 2 atom stereocenters. The summed E-state index contributed by atoms with van der Waals surface area (Å²) in [6.07, 6.45) is -4.14. The van der Waals surface area contributed by atoms with Crippen LogP contribution < -0.4 is 9.62 Å². The molecule has 0 aliphatic rings. The Morgan fingerprint density at radius 1 is 0.898 bits per heavy atom. The second-order valence-corrected chi connectivity index (χ2v) is 14.4. The lowest BCUT2D eigenvalue weighted by Gasteiger charge is -2.34. The fraction of sp³-hybridized carbons (Fsp3) is 0.278. The topological polar surface area (TPSA) is 86.8 Å². The van der Waals surface area contributed by atoms with Gasteiger partial charge in [-0.3, -0.25) is 13.9 Å². The molecule has 49 heavy (non-hydrogen) atoms. The number of hydrogen-bond donors (Lipinski definition) is 1. The molecule has 0 spiro atoms. The van der Waals surface area contributed by atoms with Crippen LogP contribution in [0.15, 0.2) is 102 Å². The van der Waals surface area contributed by atoms with Gasteiger partial charge in [0, 0.05) is 29.1 Å². The van der Waals surface area contributed by atoms with E-state index in [-0.39, 0.29) is 34.6 Å². The molecule has 0 saturated carbocycles. The van der Waals surface area contributed by atoms with Crippen molar-refractivity contribution >= 4 is 50.7 Å². The van der Waals surface area contributed by atoms with Gasteiger partial charge in [0.05, 0.1) is 16.1 Å². The van der Waals surface area contributed by atoms with Gasteiger partial charge in [-0.2, -0.15) is 13.2 Å². The molecule has 4 aromatic rings. The van der Waals surface area contributed by atoms with Crippen molar-refractivity contribution in [2.75, 3.05) is 10.8 Å². The zero-order chi connectivity index (χ0) is 35.9. The average Bonchev–Trinajstić information content (AvgIpc) is 3.06. The van der Waals surface area contributed by atoms with E-state index in [4.69, 9.17) is 23.2 Å². The number of amides is 2. The lowest BCUT2D eigenvalue weighted by Crippen LogP contribution is -2.54. The summed E-state index contributed by atoms with van der Waals surface area (Å²) in [4.78, 5) is 29.5. The maximum absolute atomic E-state index is 14.6. The maximum atomic E-state index is 14.6. The van der Waals surface area contributed by atoms with Crippen LogP contribution in [-0.4, -0.2) is 43.8 Å². The third-order valence-electron chi connectivity index (χ3n) is 7.98. The molecule has 1 N–H and O–H groups in total. The molecule has 0 bridgehead atoms. The second-order valence-electron chi connectivity index (χ2n) is 11.7. The number of sulfonamides is 1. The van der Waals surface area contributed by atoms with Crippen molar-refractivity contribution < 1.29 is 31.2 Å². The Balaban J connectivity index is 1.87. The van der Waals surface area contributed by atoms with Crippen molar-refractivity contribution in [3.63, 3.8) is 0 Å². The number of nitrogens with one attached hydrogen (secondary N) is 1. The zero-order valence-corrected chi connectivity index (χ0v) is 29.4. The minimum atomic E-state index is -4.79. The molecule has 0 aromatic heterocycles. The predicted octanol–water partition coefficient (Wildman–Crippen LogP) is 8.07. The van der Waals surface area contributed by atoms with E-state index in [1.54, 1.807) is 61.5 Å². The highest BCUT2D eigenvalue weighted by Crippen LogP contribution is 2.34. The zero-order valence-electron chi connectivity index (χ0n) is 27.0. The molecule has 4 rings (SSSR count). The number of alkyl halides is 3. The average molecular weight is 735 g/mol. The molecule has 0 aliphatic carbocycles. The van der Waals surface area contributed by atoms with E-state index in [0.717, 1.165) is 17.7 Å². The molecular formula is C36H36Cl2F3N3O4S. The van der Waals surface area contributed by atoms with Crippen LogP contribution in [0, 0.1) is 6.92 Å². The highest BCUT2D eigenvalue weighted by Gasteiger charge is 2.37. The minimum absolute atomic E-state index is 0.0499. The third-order valence-corrected chi connectivity index (χ3v) is 10.4. The Bertz CT molecular complexity index is 1870. The number of aryl methyl sites for hydroxylation is 1. The second kappa shape index (κ2) is 16.1. The Hall–Kier alpha value is -4.06. The summed E-state index contributed by atoms with van der Waals surface area (Å²) in [6.45, 7) is 4.28. The molecule has 4 aromatic carbocycles. The molecule has 0 heterocycles. The summed E-state index contributed by atoms with van der Waals surface area (Å²) in [5, 5.41) is 3.46. The molecule has 7 nitrogen and oxygen atoms in total. The lowest BCUT2D eigenvalue weighted by atomic mass is 10.0. The van der Waals surface area contributed by atoms with Crippen molar-refractivity contribution in [1.29, 1.82) is 0 Å². The first-order chi connectivity index (χ1) is 23.1. The molecule has 0 radical (unpaired) electrons. The van der Waals surface area contributed by atoms with Gasteiger partial charge in [-0.1, -0.05) is 90.3 Å². The Morgan fingerprint density at radius 2 is 1.57 bits per heavy atom. The van der Waals surface area contributed by atoms with Gasteiger partial charge in [0.2, 0.25) is 11.8 Å². The highest BCUT2D eigenvalue weighted by molar-refractivity contribution is 7.92. The predicted molar refractivity (Wildman–Crippen MR) is 186 cm³/mol. The number of carbonyl (C=O) groups excluding carboxylic acids is 2. The van der Waals surface area contributed by atoms with E-state index < -0.39 is 46.2 Å². The van der Waals surface area contributed by atoms with E-state index in [0.29, 0.717) is 32.9 Å². The molecule has 0 aliphatic heterocycles. The molecule has 2 amide bonds. The van der Waals surface area contributed by atoms with E-state index in [9.17, 15) is 31.2 Å². The largest absolute Gasteiger partial charge is 0.416 e. The number of halogens is 5. The molecule has 0 fully saturated rings. The van der Waals surface area contributed by atoms with Gasteiger partial charge in [-0.05, 0) is 73.9 Å². The maximum Gasteiger partial charge on any atom is 0.416 e. The molecule has 0 saturated heterocycles. The Labute approximate surface area is 294 Å². The Morgan fingerprint density at radius 3 is 2.18 bits per heavy atom. The summed E-state index contributed by atoms with van der Waals surface area (Å²) in [5.74, 6) is -1.34. The summed E-state index contributed by atoms with van der Waals surface area (Å²) in [7, 11) is -4.60. The standard InChI is InChI=1S/C36H36Cl2F3N3O4S/c1-4-25(3)42-35(46)33(19-26-9-6-5-7-10-26)43(22-27-15-16-29(37)21-32(27)38)34(45)23-44(30-12-8-11-28(20-30)36(39,40)41)49(47,48)31-17-13-24(2)14-18-31/h5-18,20-21,25,33H,4,19,22-23H2,1-3H3,(H,42,46)/t25-,33-/m0/s1. The van der Waals surface area contributed by atoms with Gasteiger partial charge in [-0.15, -0.1) is 0 Å².